The average molecular weight is 187 g/mol. The maximum absolute atomic E-state index is 8.65. The van der Waals surface area contributed by atoms with E-state index in [0.717, 1.165) is 5.56 Å². The highest BCUT2D eigenvalue weighted by Crippen LogP contribution is 2.20. The van der Waals surface area contributed by atoms with Crippen LogP contribution in [0, 0.1) is 0 Å². The van der Waals surface area contributed by atoms with Gasteiger partial charge in [-0.3, -0.25) is 0 Å². The highest BCUT2D eigenvalue weighted by atomic mass is 35.5. The van der Waals surface area contributed by atoms with E-state index in [1.165, 1.54) is 0 Å². The first-order valence-electron chi connectivity index (χ1n) is 3.72. The lowest BCUT2D eigenvalue weighted by Crippen LogP contribution is -2.12. The van der Waals surface area contributed by atoms with Crippen LogP contribution in [0.15, 0.2) is 18.3 Å². The summed E-state index contributed by atoms with van der Waals surface area (Å²) in [7, 11) is 0. The van der Waals surface area contributed by atoms with Crippen molar-refractivity contribution in [2.45, 2.75) is 12.5 Å². The first kappa shape index (κ1) is 9.45. The molecule has 1 aromatic rings. The first-order chi connectivity index (χ1) is 5.75. The number of aromatic nitrogens is 1. The zero-order valence-corrected chi connectivity index (χ0v) is 7.33. The van der Waals surface area contributed by atoms with Crippen molar-refractivity contribution in [2.24, 2.45) is 5.73 Å². The van der Waals surface area contributed by atoms with Crippen LogP contribution in [0.2, 0.25) is 5.15 Å². The SMILES string of the molecule is N[C@H](CCO)c1cccnc1Cl. The number of rotatable bonds is 3. The minimum atomic E-state index is -0.226. The van der Waals surface area contributed by atoms with Crippen molar-refractivity contribution < 1.29 is 5.11 Å². The molecule has 0 saturated heterocycles. The Morgan fingerprint density at radius 1 is 1.67 bits per heavy atom. The van der Waals surface area contributed by atoms with Gasteiger partial charge in [-0.1, -0.05) is 17.7 Å². The lowest BCUT2D eigenvalue weighted by molar-refractivity contribution is 0.276. The largest absolute Gasteiger partial charge is 0.396 e. The molecule has 0 aliphatic heterocycles. The Hall–Kier alpha value is -0.640. The van der Waals surface area contributed by atoms with Gasteiger partial charge in [0.1, 0.15) is 5.15 Å². The van der Waals surface area contributed by atoms with E-state index in [2.05, 4.69) is 4.98 Å². The van der Waals surface area contributed by atoms with Crippen molar-refractivity contribution in [3.8, 4) is 0 Å². The molecule has 12 heavy (non-hydrogen) atoms. The van der Waals surface area contributed by atoms with Crippen molar-refractivity contribution in [1.29, 1.82) is 0 Å². The molecule has 3 nitrogen and oxygen atoms in total. The number of nitrogens with two attached hydrogens (primary N) is 1. The molecule has 3 N–H and O–H groups in total. The summed E-state index contributed by atoms with van der Waals surface area (Å²) in [5.41, 5.74) is 6.51. The normalized spacial score (nSPS) is 12.9. The van der Waals surface area contributed by atoms with Crippen molar-refractivity contribution >= 4 is 11.6 Å². The predicted octanol–water partition coefficient (Wildman–Crippen LogP) is 1.12. The third kappa shape index (κ3) is 2.17. The van der Waals surface area contributed by atoms with Crippen LogP contribution in [0.5, 0.6) is 0 Å². The van der Waals surface area contributed by atoms with Gasteiger partial charge in [-0.15, -0.1) is 0 Å². The molecular weight excluding hydrogens is 176 g/mol. The van der Waals surface area contributed by atoms with E-state index >= 15 is 0 Å². The van der Waals surface area contributed by atoms with Gasteiger partial charge < -0.3 is 10.8 Å². The monoisotopic (exact) mass is 186 g/mol. The fourth-order valence-corrected chi connectivity index (χ4v) is 1.23. The van der Waals surface area contributed by atoms with Crippen LogP contribution >= 0.6 is 11.6 Å². The summed E-state index contributed by atoms with van der Waals surface area (Å²) in [6.07, 6.45) is 2.11. The molecule has 0 saturated carbocycles. The van der Waals surface area contributed by atoms with Gasteiger partial charge in [-0.2, -0.15) is 0 Å². The molecule has 0 bridgehead atoms. The van der Waals surface area contributed by atoms with E-state index in [1.54, 1.807) is 12.3 Å². The second kappa shape index (κ2) is 4.40. The van der Waals surface area contributed by atoms with E-state index in [4.69, 9.17) is 22.4 Å². The fourth-order valence-electron chi connectivity index (χ4n) is 0.970. The Morgan fingerprint density at radius 3 is 3.00 bits per heavy atom. The van der Waals surface area contributed by atoms with Gasteiger partial charge in [0.2, 0.25) is 0 Å². The van der Waals surface area contributed by atoms with E-state index in [1.807, 2.05) is 6.07 Å². The van der Waals surface area contributed by atoms with E-state index in [0.29, 0.717) is 11.6 Å². The van der Waals surface area contributed by atoms with E-state index in [9.17, 15) is 0 Å². The van der Waals surface area contributed by atoms with E-state index < -0.39 is 0 Å². The van der Waals surface area contributed by atoms with Crippen molar-refractivity contribution in [3.63, 3.8) is 0 Å². The third-order valence-corrected chi connectivity index (χ3v) is 1.94. The molecule has 0 unspecified atom stereocenters. The molecule has 1 heterocycles. The second-order valence-electron chi connectivity index (χ2n) is 2.50. The lowest BCUT2D eigenvalue weighted by Gasteiger charge is -2.10. The van der Waals surface area contributed by atoms with Gasteiger partial charge in [-0.05, 0) is 12.5 Å². The van der Waals surface area contributed by atoms with E-state index in [-0.39, 0.29) is 12.6 Å². The number of halogens is 1. The van der Waals surface area contributed by atoms with Crippen molar-refractivity contribution in [2.75, 3.05) is 6.61 Å². The molecule has 0 radical (unpaired) electrons. The molecule has 1 rings (SSSR count). The molecule has 0 aliphatic rings. The standard InChI is InChI=1S/C8H11ClN2O/c9-8-6(2-1-4-11-8)7(10)3-5-12/h1-2,4,7,12H,3,5,10H2/t7-/m1/s1. The summed E-state index contributed by atoms with van der Waals surface area (Å²) >= 11 is 5.78. The summed E-state index contributed by atoms with van der Waals surface area (Å²) in [5, 5.41) is 9.06. The van der Waals surface area contributed by atoms with Crippen LogP contribution in [0.25, 0.3) is 0 Å². The van der Waals surface area contributed by atoms with Crippen molar-refractivity contribution in [1.82, 2.24) is 4.98 Å². The maximum atomic E-state index is 8.65. The smallest absolute Gasteiger partial charge is 0.133 e. The van der Waals surface area contributed by atoms with Gasteiger partial charge in [-0.25, -0.2) is 4.98 Å². The van der Waals surface area contributed by atoms with Gasteiger partial charge in [0, 0.05) is 24.4 Å². The molecule has 0 aliphatic carbocycles. The summed E-state index contributed by atoms with van der Waals surface area (Å²) in [5.74, 6) is 0. The van der Waals surface area contributed by atoms with Crippen LogP contribution in [-0.4, -0.2) is 16.7 Å². The Kier molecular flexibility index (Phi) is 3.47. The van der Waals surface area contributed by atoms with Crippen LogP contribution in [0.4, 0.5) is 0 Å². The number of pyridine rings is 1. The zero-order chi connectivity index (χ0) is 8.97. The zero-order valence-electron chi connectivity index (χ0n) is 6.57. The molecule has 0 amide bonds. The number of aliphatic hydroxyl groups is 1. The number of aliphatic hydroxyl groups excluding tert-OH is 1. The average Bonchev–Trinajstić information content (AvgIpc) is 2.05. The molecule has 4 heteroatoms. The van der Waals surface area contributed by atoms with Crippen LogP contribution in [0.1, 0.15) is 18.0 Å². The third-order valence-electron chi connectivity index (χ3n) is 1.63. The van der Waals surface area contributed by atoms with Gasteiger partial charge in [0.05, 0.1) is 0 Å². The highest BCUT2D eigenvalue weighted by molar-refractivity contribution is 6.30. The second-order valence-corrected chi connectivity index (χ2v) is 2.86. The number of nitrogens with zero attached hydrogens (tertiary/aromatic N) is 1. The molecule has 0 fully saturated rings. The summed E-state index contributed by atoms with van der Waals surface area (Å²) < 4.78 is 0. The number of hydrogen-bond donors (Lipinski definition) is 2. The Labute approximate surface area is 76.2 Å². The minimum Gasteiger partial charge on any atom is -0.396 e. The van der Waals surface area contributed by atoms with Gasteiger partial charge in [0.25, 0.3) is 0 Å². The van der Waals surface area contributed by atoms with Crippen molar-refractivity contribution in [3.05, 3.63) is 29.0 Å². The van der Waals surface area contributed by atoms with Gasteiger partial charge in [0.15, 0.2) is 0 Å². The predicted molar refractivity (Wildman–Crippen MR) is 47.9 cm³/mol. The van der Waals surface area contributed by atoms with Gasteiger partial charge >= 0.3 is 0 Å². The molecule has 1 atom stereocenters. The number of hydrogen-bond acceptors (Lipinski definition) is 3. The quantitative estimate of drug-likeness (QED) is 0.696. The molecule has 0 aromatic carbocycles. The first-order valence-corrected chi connectivity index (χ1v) is 4.10. The summed E-state index contributed by atoms with van der Waals surface area (Å²) in [6, 6.07) is 3.37. The highest BCUT2D eigenvalue weighted by Gasteiger charge is 2.08. The topological polar surface area (TPSA) is 59.1 Å². The molecule has 1 aromatic heterocycles. The Bertz CT molecular complexity index is 255. The lowest BCUT2D eigenvalue weighted by atomic mass is 10.1. The fraction of sp³-hybridized carbons (Fsp3) is 0.375. The van der Waals surface area contributed by atoms with Crippen LogP contribution in [-0.2, 0) is 0 Å². The minimum absolute atomic E-state index is 0.0619. The maximum Gasteiger partial charge on any atom is 0.133 e. The van der Waals surface area contributed by atoms with Crippen LogP contribution < -0.4 is 5.73 Å². The Balaban J connectivity index is 2.79. The summed E-state index contributed by atoms with van der Waals surface area (Å²) in [4.78, 5) is 3.89. The Morgan fingerprint density at radius 2 is 2.42 bits per heavy atom. The molecular formula is C8H11ClN2O. The molecule has 66 valence electrons. The summed E-state index contributed by atoms with van der Waals surface area (Å²) in [6.45, 7) is 0.0619. The molecule has 0 spiro atoms. The van der Waals surface area contributed by atoms with Crippen LogP contribution in [0.3, 0.4) is 0 Å².